The van der Waals surface area contributed by atoms with Gasteiger partial charge in [0.1, 0.15) is 0 Å². The van der Waals surface area contributed by atoms with Gasteiger partial charge in [-0.05, 0) is 35.7 Å². The van der Waals surface area contributed by atoms with Crippen LogP contribution in [0.25, 0.3) is 0 Å². The molecular weight excluding hydrogens is 324 g/mol. The Balaban J connectivity index is 1.95. The molecule has 0 saturated carbocycles. The van der Waals surface area contributed by atoms with Crippen LogP contribution in [0.2, 0.25) is 0 Å². The number of nitrogens with zero attached hydrogens (tertiary/aromatic N) is 2. The Morgan fingerprint density at radius 2 is 1.80 bits per heavy atom. The van der Waals surface area contributed by atoms with E-state index >= 15 is 0 Å². The fraction of sp³-hybridized carbons (Fsp3) is 0.278. The van der Waals surface area contributed by atoms with Crippen LogP contribution in [0, 0.1) is 10.1 Å². The number of aldehydes is 1. The number of nitro groups is 1. The van der Waals surface area contributed by atoms with Crippen molar-refractivity contribution in [1.29, 1.82) is 0 Å². The Labute approximate surface area is 144 Å². The number of fused-ring (bicyclic) bond motifs is 1. The summed E-state index contributed by atoms with van der Waals surface area (Å²) < 4.78 is 10.7. The Morgan fingerprint density at radius 3 is 2.40 bits per heavy atom. The van der Waals surface area contributed by atoms with Gasteiger partial charge in [-0.2, -0.15) is 0 Å². The van der Waals surface area contributed by atoms with Gasteiger partial charge in [-0.3, -0.25) is 14.9 Å². The first-order valence-electron chi connectivity index (χ1n) is 7.79. The van der Waals surface area contributed by atoms with E-state index in [1.807, 2.05) is 17.0 Å². The number of rotatable bonds is 5. The zero-order valence-corrected chi connectivity index (χ0v) is 14.0. The number of hydrogen-bond donors (Lipinski definition) is 0. The van der Waals surface area contributed by atoms with Crippen molar-refractivity contribution in [3.8, 4) is 11.5 Å². The van der Waals surface area contributed by atoms with Gasteiger partial charge in [0.05, 0.1) is 19.1 Å². The lowest BCUT2D eigenvalue weighted by Crippen LogP contribution is -2.31. The highest BCUT2D eigenvalue weighted by atomic mass is 16.6. The summed E-state index contributed by atoms with van der Waals surface area (Å²) in [5.41, 5.74) is 3.18. The fourth-order valence-electron chi connectivity index (χ4n) is 3.13. The second-order valence-electron chi connectivity index (χ2n) is 5.77. The number of carbonyl (C=O) groups excluding carboxylic acids is 1. The lowest BCUT2D eigenvalue weighted by Gasteiger charge is -2.32. The van der Waals surface area contributed by atoms with Gasteiger partial charge in [-0.15, -0.1) is 0 Å². The van der Waals surface area contributed by atoms with E-state index in [0.717, 1.165) is 12.0 Å². The zero-order chi connectivity index (χ0) is 18.0. The maximum Gasteiger partial charge on any atom is 0.270 e. The lowest BCUT2D eigenvalue weighted by molar-refractivity contribution is -0.384. The quantitative estimate of drug-likeness (QED) is 0.472. The van der Waals surface area contributed by atoms with Crippen molar-refractivity contribution in [3.05, 3.63) is 57.1 Å². The summed E-state index contributed by atoms with van der Waals surface area (Å²) in [4.78, 5) is 23.8. The summed E-state index contributed by atoms with van der Waals surface area (Å²) >= 11 is 0. The summed E-state index contributed by atoms with van der Waals surface area (Å²) in [7, 11) is 3.19. The van der Waals surface area contributed by atoms with Crippen LogP contribution in [0.4, 0.5) is 11.4 Å². The van der Waals surface area contributed by atoms with Crippen LogP contribution in [0.1, 0.15) is 21.5 Å². The molecule has 0 fully saturated rings. The van der Waals surface area contributed by atoms with Gasteiger partial charge in [-0.25, -0.2) is 0 Å². The van der Waals surface area contributed by atoms with Crippen molar-refractivity contribution < 1.29 is 19.2 Å². The number of non-ortho nitro benzene ring substituents is 1. The molecular formula is C18H18N2O5. The third kappa shape index (κ3) is 3.13. The van der Waals surface area contributed by atoms with Crippen LogP contribution < -0.4 is 14.4 Å². The van der Waals surface area contributed by atoms with Gasteiger partial charge >= 0.3 is 0 Å². The molecule has 7 nitrogen and oxygen atoms in total. The van der Waals surface area contributed by atoms with Gasteiger partial charge in [0.15, 0.2) is 17.8 Å². The minimum atomic E-state index is -0.501. The van der Waals surface area contributed by atoms with E-state index in [1.54, 1.807) is 20.3 Å². The summed E-state index contributed by atoms with van der Waals surface area (Å²) in [6.45, 7) is 1.30. The number of ether oxygens (including phenoxy) is 2. The highest BCUT2D eigenvalue weighted by molar-refractivity contribution is 5.86. The van der Waals surface area contributed by atoms with E-state index in [1.165, 1.54) is 17.7 Å². The van der Waals surface area contributed by atoms with Crippen molar-refractivity contribution in [3.63, 3.8) is 0 Å². The summed E-state index contributed by atoms with van der Waals surface area (Å²) in [6.07, 6.45) is 1.44. The van der Waals surface area contributed by atoms with Gasteiger partial charge in [0.2, 0.25) is 0 Å². The smallest absolute Gasteiger partial charge is 0.270 e. The first-order chi connectivity index (χ1) is 12.1. The molecule has 0 spiro atoms. The first-order valence-corrected chi connectivity index (χ1v) is 7.79. The predicted molar refractivity (Wildman–Crippen MR) is 92.8 cm³/mol. The largest absolute Gasteiger partial charge is 0.493 e. The zero-order valence-electron chi connectivity index (χ0n) is 14.0. The standard InChI is InChI=1S/C18H18N2O5/c1-24-17-8-12-5-6-19(10-13(12)9-18(17)25-2)16-4-3-15(20(22)23)7-14(16)11-21/h3-4,7-9,11H,5-6,10H2,1-2H3. The molecule has 3 rings (SSSR count). The average Bonchev–Trinajstić information content (AvgIpc) is 2.65. The molecule has 7 heteroatoms. The Bertz CT molecular complexity index is 834. The third-order valence-corrected chi connectivity index (χ3v) is 4.41. The van der Waals surface area contributed by atoms with E-state index in [-0.39, 0.29) is 5.69 Å². The van der Waals surface area contributed by atoms with Crippen molar-refractivity contribution in [2.24, 2.45) is 0 Å². The molecule has 0 saturated heterocycles. The van der Waals surface area contributed by atoms with Crippen LogP contribution in [0.5, 0.6) is 11.5 Å². The molecule has 0 unspecified atom stereocenters. The van der Waals surface area contributed by atoms with E-state index < -0.39 is 4.92 Å². The van der Waals surface area contributed by atoms with Crippen molar-refractivity contribution >= 4 is 17.7 Å². The van der Waals surface area contributed by atoms with E-state index in [2.05, 4.69) is 0 Å². The average molecular weight is 342 g/mol. The summed E-state index contributed by atoms with van der Waals surface area (Å²) in [5, 5.41) is 10.9. The molecule has 25 heavy (non-hydrogen) atoms. The lowest BCUT2D eigenvalue weighted by atomic mass is 9.97. The molecule has 0 bridgehead atoms. The van der Waals surface area contributed by atoms with Crippen LogP contribution >= 0.6 is 0 Å². The topological polar surface area (TPSA) is 81.9 Å². The number of nitro benzene ring substituents is 1. The molecule has 0 aromatic heterocycles. The monoisotopic (exact) mass is 342 g/mol. The third-order valence-electron chi connectivity index (χ3n) is 4.41. The summed E-state index contributed by atoms with van der Waals surface area (Å²) in [6, 6.07) is 8.28. The maximum atomic E-state index is 11.4. The molecule has 0 atom stereocenters. The Kier molecular flexibility index (Phi) is 4.56. The van der Waals surface area contributed by atoms with Crippen molar-refractivity contribution in [1.82, 2.24) is 0 Å². The van der Waals surface area contributed by atoms with Crippen molar-refractivity contribution in [2.75, 3.05) is 25.7 Å². The minimum Gasteiger partial charge on any atom is -0.493 e. The van der Waals surface area contributed by atoms with Gasteiger partial charge in [-0.1, -0.05) is 0 Å². The number of carbonyl (C=O) groups is 1. The first kappa shape index (κ1) is 16.8. The molecule has 2 aromatic rings. The van der Waals surface area contributed by atoms with Gasteiger partial charge in [0, 0.05) is 36.5 Å². The highest BCUT2D eigenvalue weighted by Gasteiger charge is 2.22. The second-order valence-corrected chi connectivity index (χ2v) is 5.77. The Morgan fingerprint density at radius 1 is 1.12 bits per heavy atom. The minimum absolute atomic E-state index is 0.0883. The summed E-state index contributed by atoms with van der Waals surface area (Å²) in [5.74, 6) is 1.35. The fourth-order valence-corrected chi connectivity index (χ4v) is 3.13. The van der Waals surface area contributed by atoms with Crippen LogP contribution in [-0.4, -0.2) is 32.0 Å². The van der Waals surface area contributed by atoms with Gasteiger partial charge < -0.3 is 14.4 Å². The van der Waals surface area contributed by atoms with Crippen LogP contribution in [0.3, 0.4) is 0 Å². The van der Waals surface area contributed by atoms with E-state index in [0.29, 0.717) is 42.1 Å². The molecule has 1 aliphatic heterocycles. The SMILES string of the molecule is COc1cc2c(cc1OC)CN(c1ccc([N+](=O)[O-])cc1C=O)CC2. The maximum absolute atomic E-state index is 11.4. The molecule has 0 amide bonds. The van der Waals surface area contributed by atoms with Crippen LogP contribution in [0.15, 0.2) is 30.3 Å². The number of methoxy groups -OCH3 is 2. The van der Waals surface area contributed by atoms with E-state index in [4.69, 9.17) is 9.47 Å². The highest BCUT2D eigenvalue weighted by Crippen LogP contribution is 2.35. The normalized spacial score (nSPS) is 13.1. The molecule has 0 aliphatic carbocycles. The van der Waals surface area contributed by atoms with E-state index in [9.17, 15) is 14.9 Å². The predicted octanol–water partition coefficient (Wildman–Crippen LogP) is 2.99. The number of hydrogen-bond acceptors (Lipinski definition) is 6. The van der Waals surface area contributed by atoms with Crippen LogP contribution in [-0.2, 0) is 13.0 Å². The second kappa shape index (κ2) is 6.80. The molecule has 130 valence electrons. The molecule has 0 radical (unpaired) electrons. The Hall–Kier alpha value is -3.09. The van der Waals surface area contributed by atoms with Gasteiger partial charge in [0.25, 0.3) is 5.69 Å². The number of benzene rings is 2. The molecule has 1 aliphatic rings. The molecule has 1 heterocycles. The van der Waals surface area contributed by atoms with Crippen molar-refractivity contribution in [2.45, 2.75) is 13.0 Å². The molecule has 0 N–H and O–H groups in total. The number of anilines is 1. The molecule has 2 aromatic carbocycles.